The van der Waals surface area contributed by atoms with Crippen LogP contribution in [0.4, 0.5) is 22.0 Å². The third-order valence-corrected chi connectivity index (χ3v) is 6.85. The largest absolute Gasteiger partial charge is 0.416 e. The summed E-state index contributed by atoms with van der Waals surface area (Å²) < 4.78 is 70.5. The van der Waals surface area contributed by atoms with Crippen molar-refractivity contribution in [1.82, 2.24) is 29.2 Å². The molecule has 7 nitrogen and oxygen atoms in total. The van der Waals surface area contributed by atoms with Gasteiger partial charge in [0.2, 0.25) is 0 Å². The van der Waals surface area contributed by atoms with Gasteiger partial charge in [0.05, 0.1) is 24.3 Å². The standard InChI is InChI=1S/C25H23F5N6O/c1-16(24(37,13-36-15-31-14-32-36)20-7-6-19(26)10-21(20)27)34-8-9-35-11-22(33-23(35)12-34)17-2-4-18(5-3-17)25(28,29)30/h2-7,10-11,14-16,37H,8-9,12-13H2,1H3/t16-,24-/m1/s1. The minimum absolute atomic E-state index is 0.0729. The Morgan fingerprint density at radius 2 is 1.81 bits per heavy atom. The summed E-state index contributed by atoms with van der Waals surface area (Å²) in [4.78, 5) is 10.4. The summed E-state index contributed by atoms with van der Waals surface area (Å²) in [6.45, 7) is 2.90. The van der Waals surface area contributed by atoms with Crippen LogP contribution in [0.15, 0.2) is 61.3 Å². The van der Waals surface area contributed by atoms with E-state index in [2.05, 4.69) is 15.1 Å². The second-order valence-electron chi connectivity index (χ2n) is 9.10. The molecule has 194 valence electrons. The van der Waals surface area contributed by atoms with E-state index in [0.717, 1.165) is 24.3 Å². The Labute approximate surface area is 208 Å². The average Bonchev–Trinajstić information content (AvgIpc) is 3.52. The van der Waals surface area contributed by atoms with E-state index in [1.165, 1.54) is 35.5 Å². The Balaban J connectivity index is 1.42. The number of rotatable bonds is 6. The summed E-state index contributed by atoms with van der Waals surface area (Å²) in [6, 6.07) is 7.19. The highest BCUT2D eigenvalue weighted by Crippen LogP contribution is 2.35. The lowest BCUT2D eigenvalue weighted by atomic mass is 9.85. The van der Waals surface area contributed by atoms with Gasteiger partial charge in [0.25, 0.3) is 0 Å². The number of fused-ring (bicyclic) bond motifs is 1. The van der Waals surface area contributed by atoms with Crippen molar-refractivity contribution in [1.29, 1.82) is 0 Å². The van der Waals surface area contributed by atoms with Gasteiger partial charge in [-0.15, -0.1) is 0 Å². The van der Waals surface area contributed by atoms with Gasteiger partial charge in [0, 0.05) is 42.5 Å². The summed E-state index contributed by atoms with van der Waals surface area (Å²) in [7, 11) is 0. The van der Waals surface area contributed by atoms with Crippen LogP contribution in [0.5, 0.6) is 0 Å². The van der Waals surface area contributed by atoms with Crippen molar-refractivity contribution >= 4 is 0 Å². The number of hydrogen-bond acceptors (Lipinski definition) is 5. The molecule has 0 unspecified atom stereocenters. The monoisotopic (exact) mass is 518 g/mol. The molecular formula is C25H23F5N6O. The first-order valence-electron chi connectivity index (χ1n) is 11.5. The fourth-order valence-corrected chi connectivity index (χ4v) is 4.72. The first kappa shape index (κ1) is 25.0. The van der Waals surface area contributed by atoms with E-state index in [0.29, 0.717) is 36.7 Å². The first-order chi connectivity index (χ1) is 17.5. The van der Waals surface area contributed by atoms with E-state index in [1.807, 2.05) is 9.47 Å². The predicted molar refractivity (Wildman–Crippen MR) is 123 cm³/mol. The van der Waals surface area contributed by atoms with E-state index < -0.39 is 35.0 Å². The van der Waals surface area contributed by atoms with Gasteiger partial charge in [0.1, 0.15) is 35.7 Å². The quantitative estimate of drug-likeness (QED) is 0.387. The first-order valence-corrected chi connectivity index (χ1v) is 11.5. The van der Waals surface area contributed by atoms with Crippen LogP contribution in [0, 0.1) is 11.6 Å². The van der Waals surface area contributed by atoms with Crippen LogP contribution in [0.2, 0.25) is 0 Å². The highest BCUT2D eigenvalue weighted by atomic mass is 19.4. The van der Waals surface area contributed by atoms with E-state index in [9.17, 15) is 27.1 Å². The zero-order chi connectivity index (χ0) is 26.4. The van der Waals surface area contributed by atoms with Gasteiger partial charge in [-0.2, -0.15) is 18.3 Å². The highest BCUT2D eigenvalue weighted by molar-refractivity contribution is 5.59. The smallest absolute Gasteiger partial charge is 0.381 e. The summed E-state index contributed by atoms with van der Waals surface area (Å²) in [5.41, 5.74) is -1.53. The molecule has 4 aromatic rings. The Hall–Kier alpha value is -3.64. The van der Waals surface area contributed by atoms with E-state index in [1.54, 1.807) is 13.1 Å². The van der Waals surface area contributed by atoms with Crippen molar-refractivity contribution in [3.63, 3.8) is 0 Å². The molecule has 1 aliphatic rings. The molecule has 0 bridgehead atoms. The van der Waals surface area contributed by atoms with Crippen molar-refractivity contribution in [3.8, 4) is 11.3 Å². The van der Waals surface area contributed by atoms with E-state index in [-0.39, 0.29) is 12.1 Å². The van der Waals surface area contributed by atoms with Gasteiger partial charge in [-0.3, -0.25) is 4.90 Å². The predicted octanol–water partition coefficient (Wildman–Crippen LogP) is 4.23. The number of aliphatic hydroxyl groups is 1. The van der Waals surface area contributed by atoms with Crippen molar-refractivity contribution in [2.45, 2.75) is 44.4 Å². The lowest BCUT2D eigenvalue weighted by Gasteiger charge is -2.42. The average molecular weight is 518 g/mol. The topological polar surface area (TPSA) is 72.0 Å². The molecule has 0 saturated carbocycles. The van der Waals surface area contributed by atoms with Crippen LogP contribution < -0.4 is 0 Å². The molecule has 0 spiro atoms. The molecule has 3 heterocycles. The van der Waals surface area contributed by atoms with Crippen LogP contribution in [0.3, 0.4) is 0 Å². The molecule has 0 amide bonds. The number of benzene rings is 2. The molecule has 2 aromatic heterocycles. The van der Waals surface area contributed by atoms with Gasteiger partial charge >= 0.3 is 6.18 Å². The molecule has 1 aliphatic heterocycles. The zero-order valence-electron chi connectivity index (χ0n) is 19.7. The van der Waals surface area contributed by atoms with Crippen molar-refractivity contribution in [2.75, 3.05) is 6.54 Å². The van der Waals surface area contributed by atoms with Crippen LogP contribution in [0.25, 0.3) is 11.3 Å². The number of nitrogens with zero attached hydrogens (tertiary/aromatic N) is 6. The van der Waals surface area contributed by atoms with E-state index >= 15 is 0 Å². The van der Waals surface area contributed by atoms with Gasteiger partial charge in [-0.1, -0.05) is 18.2 Å². The molecule has 2 aromatic carbocycles. The number of imidazole rings is 1. The van der Waals surface area contributed by atoms with Crippen molar-refractivity contribution in [3.05, 3.63) is 89.9 Å². The van der Waals surface area contributed by atoms with Gasteiger partial charge in [0.15, 0.2) is 0 Å². The maximum atomic E-state index is 14.9. The summed E-state index contributed by atoms with van der Waals surface area (Å²) in [6.07, 6.45) is 0.0573. The molecule has 1 N–H and O–H groups in total. The highest BCUT2D eigenvalue weighted by Gasteiger charge is 2.43. The third-order valence-electron chi connectivity index (χ3n) is 6.85. The normalized spacial score (nSPS) is 16.8. The van der Waals surface area contributed by atoms with Gasteiger partial charge < -0.3 is 9.67 Å². The Morgan fingerprint density at radius 1 is 1.05 bits per heavy atom. The molecule has 0 aliphatic carbocycles. The van der Waals surface area contributed by atoms with Crippen molar-refractivity contribution < 1.29 is 27.1 Å². The Bertz CT molecular complexity index is 1390. The Morgan fingerprint density at radius 3 is 2.46 bits per heavy atom. The molecule has 0 fully saturated rings. The summed E-state index contributed by atoms with van der Waals surface area (Å²) >= 11 is 0. The minimum Gasteiger partial charge on any atom is -0.381 e. The number of halogens is 5. The molecular weight excluding hydrogens is 495 g/mol. The molecule has 2 atom stereocenters. The molecule has 0 saturated heterocycles. The SMILES string of the molecule is C[C@@H](N1CCn2cc(-c3ccc(C(F)(F)F)cc3)nc2C1)[C@](O)(Cn1cncn1)c1ccc(F)cc1F. The lowest BCUT2D eigenvalue weighted by Crippen LogP contribution is -2.53. The van der Waals surface area contributed by atoms with Gasteiger partial charge in [-0.25, -0.2) is 23.4 Å². The fourth-order valence-electron chi connectivity index (χ4n) is 4.72. The van der Waals surface area contributed by atoms with Crippen LogP contribution in [-0.2, 0) is 31.4 Å². The summed E-state index contributed by atoms with van der Waals surface area (Å²) in [5.74, 6) is -0.985. The molecule has 37 heavy (non-hydrogen) atoms. The van der Waals surface area contributed by atoms with Crippen LogP contribution >= 0.6 is 0 Å². The molecule has 5 rings (SSSR count). The summed E-state index contributed by atoms with van der Waals surface area (Å²) in [5, 5.41) is 15.9. The Kier molecular flexibility index (Phi) is 6.32. The van der Waals surface area contributed by atoms with Gasteiger partial charge in [-0.05, 0) is 25.1 Å². The molecule has 0 radical (unpaired) electrons. The second kappa shape index (κ2) is 9.34. The zero-order valence-corrected chi connectivity index (χ0v) is 19.7. The number of aromatic nitrogens is 5. The second-order valence-corrected chi connectivity index (χ2v) is 9.10. The maximum absolute atomic E-state index is 14.9. The third kappa shape index (κ3) is 4.86. The maximum Gasteiger partial charge on any atom is 0.416 e. The number of hydrogen-bond donors (Lipinski definition) is 1. The minimum atomic E-state index is -4.42. The fraction of sp³-hybridized carbons (Fsp3) is 0.320. The van der Waals surface area contributed by atoms with Crippen molar-refractivity contribution in [2.24, 2.45) is 0 Å². The van der Waals surface area contributed by atoms with E-state index in [4.69, 9.17) is 0 Å². The van der Waals surface area contributed by atoms with Crippen LogP contribution in [0.1, 0.15) is 23.9 Å². The molecule has 12 heteroatoms. The van der Waals surface area contributed by atoms with Crippen LogP contribution in [-0.4, -0.2) is 46.9 Å². The lowest BCUT2D eigenvalue weighted by molar-refractivity contribution is -0.137. The number of alkyl halides is 3.